The predicted molar refractivity (Wildman–Crippen MR) is 93.9 cm³/mol. The van der Waals surface area contributed by atoms with Crippen molar-refractivity contribution in [2.45, 2.75) is 38.0 Å². The van der Waals surface area contributed by atoms with Crippen LogP contribution in [-0.4, -0.2) is 47.4 Å². The van der Waals surface area contributed by atoms with Gasteiger partial charge in [-0.25, -0.2) is 0 Å². The van der Waals surface area contributed by atoms with Gasteiger partial charge in [0.05, 0.1) is 18.8 Å². The molecule has 0 radical (unpaired) electrons. The summed E-state index contributed by atoms with van der Waals surface area (Å²) < 4.78 is 6.05. The van der Waals surface area contributed by atoms with Crippen molar-refractivity contribution in [3.63, 3.8) is 0 Å². The minimum Gasteiger partial charge on any atom is -0.396 e. The van der Waals surface area contributed by atoms with Gasteiger partial charge in [-0.1, -0.05) is 18.2 Å². The minimum atomic E-state index is 0.169. The summed E-state index contributed by atoms with van der Waals surface area (Å²) in [5, 5.41) is 11.3. The van der Waals surface area contributed by atoms with Gasteiger partial charge in [0.1, 0.15) is 0 Å². The van der Waals surface area contributed by atoms with Gasteiger partial charge >= 0.3 is 0 Å². The van der Waals surface area contributed by atoms with Crippen molar-refractivity contribution in [3.8, 4) is 0 Å². The number of aromatic nitrogens is 1. The van der Waals surface area contributed by atoms with Gasteiger partial charge in [0.25, 0.3) is 0 Å². The molecule has 0 unspecified atom stereocenters. The van der Waals surface area contributed by atoms with Crippen LogP contribution in [0.5, 0.6) is 0 Å². The van der Waals surface area contributed by atoms with Crippen molar-refractivity contribution in [1.29, 1.82) is 0 Å². The molecule has 5 rings (SSSR count). The summed E-state index contributed by atoms with van der Waals surface area (Å²) in [6, 6.07) is 9.64. The number of piperidine rings is 1. The molecule has 1 aromatic carbocycles. The number of para-hydroxylation sites is 1. The van der Waals surface area contributed by atoms with Crippen molar-refractivity contribution in [1.82, 2.24) is 9.88 Å². The molecule has 2 N–H and O–H groups in total. The van der Waals surface area contributed by atoms with Crippen LogP contribution in [-0.2, 0) is 11.2 Å². The van der Waals surface area contributed by atoms with E-state index in [1.54, 1.807) is 0 Å². The van der Waals surface area contributed by atoms with Gasteiger partial charge in [0, 0.05) is 41.1 Å². The summed E-state index contributed by atoms with van der Waals surface area (Å²) in [5.74, 6) is 1.36. The zero-order valence-corrected chi connectivity index (χ0v) is 14.4. The largest absolute Gasteiger partial charge is 0.396 e. The first kappa shape index (κ1) is 14.9. The Morgan fingerprint density at radius 1 is 1.29 bits per heavy atom. The summed E-state index contributed by atoms with van der Waals surface area (Å²) in [7, 11) is 2.27. The van der Waals surface area contributed by atoms with E-state index in [2.05, 4.69) is 48.1 Å². The predicted octanol–water partition coefficient (Wildman–Crippen LogP) is 2.73. The van der Waals surface area contributed by atoms with Crippen molar-refractivity contribution in [3.05, 3.63) is 35.5 Å². The number of hydrogen-bond donors (Lipinski definition) is 2. The number of H-pyrrole nitrogens is 1. The summed E-state index contributed by atoms with van der Waals surface area (Å²) in [6.45, 7) is 3.20. The number of nitrogens with zero attached hydrogens (tertiary/aromatic N) is 1. The van der Waals surface area contributed by atoms with Crippen LogP contribution >= 0.6 is 0 Å². The molecule has 0 saturated carbocycles. The SMILES string of the molecule is C[C@@H]1OC[C@@H]2[C@@H](C[C@H]3c4[nH]c5ccccc5c4C[C@@H]2N3C)[C@H]1CO. The molecule has 4 heterocycles. The molecule has 24 heavy (non-hydrogen) atoms. The monoisotopic (exact) mass is 326 g/mol. The van der Waals surface area contributed by atoms with Crippen molar-refractivity contribution in [2.24, 2.45) is 17.8 Å². The lowest BCUT2D eigenvalue weighted by Crippen LogP contribution is -2.59. The summed E-state index contributed by atoms with van der Waals surface area (Å²) >= 11 is 0. The third kappa shape index (κ3) is 1.91. The van der Waals surface area contributed by atoms with Crippen LogP contribution in [0.3, 0.4) is 0 Å². The molecule has 2 fully saturated rings. The number of benzene rings is 1. The van der Waals surface area contributed by atoms with Gasteiger partial charge in [0.15, 0.2) is 0 Å². The number of rotatable bonds is 1. The van der Waals surface area contributed by atoms with Gasteiger partial charge in [-0.2, -0.15) is 0 Å². The highest BCUT2D eigenvalue weighted by atomic mass is 16.5. The van der Waals surface area contributed by atoms with Crippen LogP contribution in [0.25, 0.3) is 10.9 Å². The Kier molecular flexibility index (Phi) is 3.31. The summed E-state index contributed by atoms with van der Waals surface area (Å²) in [6.07, 6.45) is 2.38. The van der Waals surface area contributed by atoms with Gasteiger partial charge in [0.2, 0.25) is 0 Å². The Morgan fingerprint density at radius 3 is 2.96 bits per heavy atom. The Labute approximate surface area is 142 Å². The van der Waals surface area contributed by atoms with Crippen LogP contribution < -0.4 is 0 Å². The lowest BCUT2D eigenvalue weighted by Gasteiger charge is -2.55. The number of nitrogens with one attached hydrogen (secondary N) is 1. The maximum Gasteiger partial charge on any atom is 0.0600 e. The van der Waals surface area contributed by atoms with Crippen molar-refractivity contribution >= 4 is 10.9 Å². The topological polar surface area (TPSA) is 48.5 Å². The molecule has 0 spiro atoms. The number of fused-ring (bicyclic) bond motifs is 8. The lowest BCUT2D eigenvalue weighted by molar-refractivity contribution is -0.149. The molecule has 3 aliphatic rings. The van der Waals surface area contributed by atoms with E-state index in [0.717, 1.165) is 19.4 Å². The third-order valence-electron chi connectivity index (χ3n) is 7.06. The average molecular weight is 326 g/mol. The van der Waals surface area contributed by atoms with Gasteiger partial charge in [-0.05, 0) is 44.4 Å². The maximum absolute atomic E-state index is 9.94. The fraction of sp³-hybridized carbons (Fsp3) is 0.600. The van der Waals surface area contributed by atoms with E-state index < -0.39 is 0 Å². The van der Waals surface area contributed by atoms with Crippen LogP contribution in [0.15, 0.2) is 24.3 Å². The maximum atomic E-state index is 9.94. The molecule has 6 atom stereocenters. The number of aromatic amines is 1. The Bertz CT molecular complexity index is 770. The Hall–Kier alpha value is -1.36. The highest BCUT2D eigenvalue weighted by molar-refractivity contribution is 5.85. The number of ether oxygens (including phenoxy) is 1. The van der Waals surface area contributed by atoms with E-state index >= 15 is 0 Å². The van der Waals surface area contributed by atoms with E-state index in [4.69, 9.17) is 4.74 Å². The van der Waals surface area contributed by atoms with Gasteiger partial charge in [-0.3, -0.25) is 4.90 Å². The Morgan fingerprint density at radius 2 is 2.12 bits per heavy atom. The highest BCUT2D eigenvalue weighted by Gasteiger charge is 2.51. The molecular weight excluding hydrogens is 300 g/mol. The smallest absolute Gasteiger partial charge is 0.0600 e. The molecule has 1 aromatic heterocycles. The Balaban J connectivity index is 1.61. The second kappa shape index (κ2) is 5.32. The molecule has 128 valence electrons. The molecule has 4 heteroatoms. The van der Waals surface area contributed by atoms with E-state index in [1.807, 2.05) is 0 Å². The van der Waals surface area contributed by atoms with E-state index in [0.29, 0.717) is 23.9 Å². The average Bonchev–Trinajstić information content (AvgIpc) is 2.94. The standard InChI is InChI=1S/C20H26N2O2/c1-11-15(9-23)13-7-19-20-14(12-5-3-4-6-17(12)21-20)8-18(22(19)2)16(13)10-24-11/h3-6,11,13,15-16,18-19,21,23H,7-10H2,1-2H3/t11-,13-,15-,16+,18-,19-/m0/s1. The summed E-state index contributed by atoms with van der Waals surface area (Å²) in [5.41, 5.74) is 4.18. The number of hydrogen-bond acceptors (Lipinski definition) is 3. The third-order valence-corrected chi connectivity index (χ3v) is 7.06. The molecule has 0 amide bonds. The van der Waals surface area contributed by atoms with Crippen LogP contribution in [0.1, 0.15) is 30.6 Å². The zero-order chi connectivity index (χ0) is 16.4. The van der Waals surface area contributed by atoms with E-state index in [9.17, 15) is 5.11 Å². The number of likely N-dealkylation sites (N-methyl/N-ethyl adjacent to an activating group) is 1. The van der Waals surface area contributed by atoms with Crippen molar-refractivity contribution < 1.29 is 9.84 Å². The number of aliphatic hydroxyl groups excluding tert-OH is 1. The first-order valence-electron chi connectivity index (χ1n) is 9.23. The highest BCUT2D eigenvalue weighted by Crippen LogP contribution is 2.51. The fourth-order valence-electron chi connectivity index (χ4n) is 5.71. The second-order valence-electron chi connectivity index (χ2n) is 7.96. The number of aliphatic hydroxyl groups is 1. The van der Waals surface area contributed by atoms with Gasteiger partial charge < -0.3 is 14.8 Å². The van der Waals surface area contributed by atoms with Crippen molar-refractivity contribution in [2.75, 3.05) is 20.3 Å². The molecule has 3 aliphatic heterocycles. The minimum absolute atomic E-state index is 0.169. The molecule has 2 aromatic rings. The zero-order valence-electron chi connectivity index (χ0n) is 14.4. The molecule has 2 bridgehead atoms. The molecular formula is C20H26N2O2. The molecule has 4 nitrogen and oxygen atoms in total. The first-order chi connectivity index (χ1) is 11.7. The molecule has 2 saturated heterocycles. The van der Waals surface area contributed by atoms with E-state index in [-0.39, 0.29) is 18.6 Å². The van der Waals surface area contributed by atoms with Crippen LogP contribution in [0, 0.1) is 17.8 Å². The van der Waals surface area contributed by atoms with E-state index in [1.165, 1.54) is 22.2 Å². The van der Waals surface area contributed by atoms with Crippen LogP contribution in [0.4, 0.5) is 0 Å². The fourth-order valence-corrected chi connectivity index (χ4v) is 5.71. The normalized spacial score (nSPS) is 38.8. The second-order valence-corrected chi connectivity index (χ2v) is 7.96. The quantitative estimate of drug-likeness (QED) is 0.847. The summed E-state index contributed by atoms with van der Waals surface area (Å²) in [4.78, 5) is 6.27. The first-order valence-corrected chi connectivity index (χ1v) is 9.23. The van der Waals surface area contributed by atoms with Gasteiger partial charge in [-0.15, -0.1) is 0 Å². The van der Waals surface area contributed by atoms with Crippen LogP contribution in [0.2, 0.25) is 0 Å². The lowest BCUT2D eigenvalue weighted by atomic mass is 9.64. The molecule has 0 aliphatic carbocycles.